The highest BCUT2D eigenvalue weighted by atomic mass is 35.5. The van der Waals surface area contributed by atoms with Crippen molar-refractivity contribution < 1.29 is 9.66 Å². The largest absolute Gasteiger partial charge is 0.492 e. The molecule has 24 heavy (non-hydrogen) atoms. The number of benzene rings is 2. The Labute approximate surface area is 142 Å². The van der Waals surface area contributed by atoms with Crippen LogP contribution in [-0.2, 0) is 6.54 Å². The van der Waals surface area contributed by atoms with Crippen molar-refractivity contribution in [2.24, 2.45) is 0 Å². The van der Waals surface area contributed by atoms with Crippen LogP contribution in [0, 0.1) is 10.1 Å². The molecule has 0 unspecified atom stereocenters. The molecule has 0 bridgehead atoms. The van der Waals surface area contributed by atoms with Gasteiger partial charge in [0.2, 0.25) is 0 Å². The van der Waals surface area contributed by atoms with E-state index in [0.717, 1.165) is 11.3 Å². The minimum Gasteiger partial charge on any atom is -0.492 e. The first kappa shape index (κ1) is 15.9. The zero-order chi connectivity index (χ0) is 16.9. The quantitative estimate of drug-likeness (QED) is 0.504. The van der Waals surface area contributed by atoms with Crippen LogP contribution in [0.15, 0.2) is 54.9 Å². The third-order valence-electron chi connectivity index (χ3n) is 3.28. The van der Waals surface area contributed by atoms with Crippen molar-refractivity contribution in [2.45, 2.75) is 6.54 Å². The van der Waals surface area contributed by atoms with Crippen molar-refractivity contribution >= 4 is 17.3 Å². The van der Waals surface area contributed by atoms with Gasteiger partial charge in [0.25, 0.3) is 5.69 Å². The van der Waals surface area contributed by atoms with Gasteiger partial charge in [0, 0.05) is 22.7 Å². The molecular formula is C16H13ClN4O3. The predicted molar refractivity (Wildman–Crippen MR) is 89.1 cm³/mol. The highest BCUT2D eigenvalue weighted by Gasteiger charge is 2.08. The molecule has 8 heteroatoms. The highest BCUT2D eigenvalue weighted by Crippen LogP contribution is 2.19. The van der Waals surface area contributed by atoms with Crippen LogP contribution >= 0.6 is 11.6 Å². The molecule has 2 aromatic carbocycles. The van der Waals surface area contributed by atoms with Crippen LogP contribution in [0.3, 0.4) is 0 Å². The molecule has 1 heterocycles. The van der Waals surface area contributed by atoms with E-state index in [0.29, 0.717) is 24.0 Å². The lowest BCUT2D eigenvalue weighted by Gasteiger charge is -2.05. The molecule has 0 amide bonds. The predicted octanol–water partition coefficient (Wildman–Crippen LogP) is 3.59. The molecule has 0 radical (unpaired) electrons. The summed E-state index contributed by atoms with van der Waals surface area (Å²) in [5.41, 5.74) is 0.757. The average molecular weight is 345 g/mol. The second-order valence-electron chi connectivity index (χ2n) is 4.94. The summed E-state index contributed by atoms with van der Waals surface area (Å²) in [6.07, 6.45) is 1.60. The van der Waals surface area contributed by atoms with Crippen molar-refractivity contribution in [2.75, 3.05) is 6.61 Å². The van der Waals surface area contributed by atoms with E-state index in [1.54, 1.807) is 47.4 Å². The van der Waals surface area contributed by atoms with Crippen LogP contribution in [0.4, 0.5) is 5.69 Å². The second kappa shape index (κ2) is 7.10. The maximum Gasteiger partial charge on any atom is 0.269 e. The molecule has 0 saturated carbocycles. The molecule has 0 atom stereocenters. The van der Waals surface area contributed by atoms with Gasteiger partial charge in [0.05, 0.1) is 11.5 Å². The lowest BCUT2D eigenvalue weighted by atomic mass is 10.2. The number of hydrogen-bond acceptors (Lipinski definition) is 5. The number of halogens is 1. The summed E-state index contributed by atoms with van der Waals surface area (Å²) < 4.78 is 7.26. The number of nitro groups is 1. The fraction of sp³-hybridized carbons (Fsp3) is 0.125. The molecule has 0 saturated heterocycles. The van der Waals surface area contributed by atoms with Crippen molar-refractivity contribution in [3.05, 3.63) is 70.0 Å². The first-order chi connectivity index (χ1) is 11.6. The molecule has 7 nitrogen and oxygen atoms in total. The number of nitro benzene ring substituents is 1. The van der Waals surface area contributed by atoms with Gasteiger partial charge in [-0.25, -0.2) is 9.67 Å². The van der Waals surface area contributed by atoms with E-state index in [1.165, 1.54) is 12.1 Å². The Hall–Kier alpha value is -2.93. The third-order valence-corrected chi connectivity index (χ3v) is 3.53. The van der Waals surface area contributed by atoms with Crippen LogP contribution in [0.2, 0.25) is 5.02 Å². The Morgan fingerprint density at radius 1 is 1.12 bits per heavy atom. The minimum atomic E-state index is -0.441. The van der Waals surface area contributed by atoms with Gasteiger partial charge in [-0.15, -0.1) is 0 Å². The molecule has 1 aromatic heterocycles. The van der Waals surface area contributed by atoms with Crippen LogP contribution in [0.25, 0.3) is 11.4 Å². The van der Waals surface area contributed by atoms with E-state index in [-0.39, 0.29) is 5.69 Å². The van der Waals surface area contributed by atoms with Gasteiger partial charge in [-0.2, -0.15) is 5.10 Å². The average Bonchev–Trinajstić information content (AvgIpc) is 3.06. The molecule has 0 spiro atoms. The summed E-state index contributed by atoms with van der Waals surface area (Å²) in [5, 5.41) is 15.6. The summed E-state index contributed by atoms with van der Waals surface area (Å²) in [5.74, 6) is 1.24. The molecular weight excluding hydrogens is 332 g/mol. The molecule has 0 aliphatic heterocycles. The molecule has 122 valence electrons. The highest BCUT2D eigenvalue weighted by molar-refractivity contribution is 6.30. The van der Waals surface area contributed by atoms with Gasteiger partial charge in [0.1, 0.15) is 18.7 Å². The van der Waals surface area contributed by atoms with Crippen LogP contribution in [0.5, 0.6) is 5.75 Å². The van der Waals surface area contributed by atoms with Gasteiger partial charge in [-0.1, -0.05) is 11.6 Å². The number of non-ortho nitro benzene ring substituents is 1. The molecule has 3 rings (SSSR count). The van der Waals surface area contributed by atoms with E-state index in [1.807, 2.05) is 0 Å². The second-order valence-corrected chi connectivity index (χ2v) is 5.37. The zero-order valence-corrected chi connectivity index (χ0v) is 13.3. The minimum absolute atomic E-state index is 0.0366. The lowest BCUT2D eigenvalue weighted by Crippen LogP contribution is -2.08. The Morgan fingerprint density at radius 3 is 2.50 bits per heavy atom. The van der Waals surface area contributed by atoms with E-state index >= 15 is 0 Å². The summed E-state index contributed by atoms with van der Waals surface area (Å²) in [7, 11) is 0. The molecule has 3 aromatic rings. The van der Waals surface area contributed by atoms with E-state index < -0.39 is 4.92 Å². The van der Waals surface area contributed by atoms with Gasteiger partial charge < -0.3 is 4.74 Å². The Balaban J connectivity index is 1.59. The molecule has 0 aliphatic rings. The number of hydrogen-bond donors (Lipinski definition) is 0. The number of ether oxygens (including phenoxy) is 1. The fourth-order valence-corrected chi connectivity index (χ4v) is 2.18. The third kappa shape index (κ3) is 3.88. The maximum atomic E-state index is 10.7. The monoisotopic (exact) mass is 344 g/mol. The smallest absolute Gasteiger partial charge is 0.269 e. The van der Waals surface area contributed by atoms with Gasteiger partial charge in [-0.3, -0.25) is 10.1 Å². The first-order valence-corrected chi connectivity index (χ1v) is 7.52. The van der Waals surface area contributed by atoms with Crippen molar-refractivity contribution in [1.82, 2.24) is 14.8 Å². The topological polar surface area (TPSA) is 83.1 Å². The summed E-state index contributed by atoms with van der Waals surface area (Å²) in [4.78, 5) is 14.4. The van der Waals surface area contributed by atoms with Gasteiger partial charge in [0.15, 0.2) is 5.82 Å². The van der Waals surface area contributed by atoms with Crippen molar-refractivity contribution in [3.8, 4) is 17.1 Å². The van der Waals surface area contributed by atoms with Crippen LogP contribution < -0.4 is 4.74 Å². The summed E-state index contributed by atoms with van der Waals surface area (Å²) in [6, 6.07) is 13.2. The van der Waals surface area contributed by atoms with E-state index in [2.05, 4.69) is 10.1 Å². The first-order valence-electron chi connectivity index (χ1n) is 7.14. The number of rotatable bonds is 6. The summed E-state index contributed by atoms with van der Waals surface area (Å²) >= 11 is 5.81. The number of aromatic nitrogens is 3. The van der Waals surface area contributed by atoms with E-state index in [4.69, 9.17) is 16.3 Å². The van der Waals surface area contributed by atoms with Crippen LogP contribution in [-0.4, -0.2) is 26.3 Å². The zero-order valence-electron chi connectivity index (χ0n) is 12.5. The Bertz CT molecular complexity index is 831. The lowest BCUT2D eigenvalue weighted by molar-refractivity contribution is -0.384. The maximum absolute atomic E-state index is 10.7. The fourth-order valence-electron chi connectivity index (χ4n) is 2.05. The Morgan fingerprint density at radius 2 is 1.83 bits per heavy atom. The molecule has 0 aliphatic carbocycles. The van der Waals surface area contributed by atoms with Crippen molar-refractivity contribution in [1.29, 1.82) is 0 Å². The normalized spacial score (nSPS) is 10.5. The molecule has 0 N–H and O–H groups in total. The van der Waals surface area contributed by atoms with Gasteiger partial charge in [-0.05, 0) is 36.4 Å². The molecule has 0 fully saturated rings. The Kier molecular flexibility index (Phi) is 4.72. The van der Waals surface area contributed by atoms with Crippen LogP contribution in [0.1, 0.15) is 0 Å². The van der Waals surface area contributed by atoms with Crippen molar-refractivity contribution in [3.63, 3.8) is 0 Å². The SMILES string of the molecule is O=[N+]([O-])c1ccc(-c2ncn(CCOc3ccc(Cl)cc3)n2)cc1. The van der Waals surface area contributed by atoms with E-state index in [9.17, 15) is 10.1 Å². The summed E-state index contributed by atoms with van der Waals surface area (Å²) in [6.45, 7) is 0.966. The number of nitrogens with zero attached hydrogens (tertiary/aromatic N) is 4. The standard InChI is InChI=1S/C16H13ClN4O3/c17-13-3-7-15(8-4-13)24-10-9-20-11-18-16(19-20)12-1-5-14(6-2-12)21(22)23/h1-8,11H,9-10H2. The van der Waals surface area contributed by atoms with Gasteiger partial charge >= 0.3 is 0 Å².